The van der Waals surface area contributed by atoms with Crippen molar-refractivity contribution in [1.29, 1.82) is 0 Å². The largest absolute Gasteiger partial charge is 0.382 e. The molecule has 19 heavy (non-hydrogen) atoms. The van der Waals surface area contributed by atoms with Crippen LogP contribution >= 0.6 is 0 Å². The second-order valence-electron chi connectivity index (χ2n) is 4.97. The summed E-state index contributed by atoms with van der Waals surface area (Å²) in [6.45, 7) is 3.44. The molecule has 0 bridgehead atoms. The Morgan fingerprint density at radius 1 is 1.21 bits per heavy atom. The molecule has 104 valence electrons. The molecule has 0 N–H and O–H groups in total. The molecule has 0 atom stereocenters. The van der Waals surface area contributed by atoms with Crippen LogP contribution in [0.5, 0.6) is 5.75 Å². The van der Waals surface area contributed by atoms with Gasteiger partial charge in [-0.3, -0.25) is 0 Å². The molecule has 1 aromatic rings. The average molecular weight is 280 g/mol. The van der Waals surface area contributed by atoms with E-state index >= 15 is 0 Å². The topological polar surface area (TPSA) is 43.4 Å². The van der Waals surface area contributed by atoms with E-state index in [1.54, 1.807) is 6.07 Å². The zero-order valence-corrected chi connectivity index (χ0v) is 11.9. The van der Waals surface area contributed by atoms with Crippen LogP contribution in [-0.2, 0) is 10.1 Å². The van der Waals surface area contributed by atoms with Gasteiger partial charge in [0.15, 0.2) is 0 Å². The highest BCUT2D eigenvalue weighted by molar-refractivity contribution is 7.87. The maximum atomic E-state index is 11.7. The van der Waals surface area contributed by atoms with E-state index < -0.39 is 10.1 Å². The number of benzene rings is 1. The lowest BCUT2D eigenvalue weighted by atomic mass is 9.84. The van der Waals surface area contributed by atoms with Gasteiger partial charge in [0.05, 0.1) is 0 Å². The fraction of sp³-hybridized carbons (Fsp3) is 0.467. The summed E-state index contributed by atoms with van der Waals surface area (Å²) >= 11 is 0. The number of hydrogen-bond acceptors (Lipinski definition) is 3. The van der Waals surface area contributed by atoms with Crippen molar-refractivity contribution in [2.75, 3.05) is 5.75 Å². The van der Waals surface area contributed by atoms with E-state index in [0.29, 0.717) is 11.7 Å². The highest BCUT2D eigenvalue weighted by Gasteiger charge is 2.21. The average Bonchev–Trinajstić information content (AvgIpc) is 2.40. The minimum absolute atomic E-state index is 0.161. The molecule has 1 fully saturated rings. The van der Waals surface area contributed by atoms with Gasteiger partial charge in [0.1, 0.15) is 11.5 Å². The fourth-order valence-corrected chi connectivity index (χ4v) is 3.40. The van der Waals surface area contributed by atoms with E-state index in [4.69, 9.17) is 4.18 Å². The first kappa shape index (κ1) is 14.1. The van der Waals surface area contributed by atoms with E-state index in [9.17, 15) is 8.42 Å². The van der Waals surface area contributed by atoms with Crippen molar-refractivity contribution >= 4 is 10.1 Å². The molecule has 4 heteroatoms. The van der Waals surface area contributed by atoms with Crippen molar-refractivity contribution in [3.05, 3.63) is 42.5 Å². The zero-order chi connectivity index (χ0) is 13.7. The van der Waals surface area contributed by atoms with Crippen LogP contribution in [0.15, 0.2) is 36.9 Å². The normalized spacial score (nSPS) is 17.1. The van der Waals surface area contributed by atoms with Gasteiger partial charge in [-0.05, 0) is 30.4 Å². The Hall–Kier alpha value is -1.29. The second kappa shape index (κ2) is 6.24. The van der Waals surface area contributed by atoms with Crippen LogP contribution in [0.3, 0.4) is 0 Å². The lowest BCUT2D eigenvalue weighted by Gasteiger charge is -2.23. The highest BCUT2D eigenvalue weighted by Crippen LogP contribution is 2.37. The molecule has 2 rings (SSSR count). The van der Waals surface area contributed by atoms with Gasteiger partial charge in [-0.2, -0.15) is 8.42 Å². The van der Waals surface area contributed by atoms with Gasteiger partial charge in [-0.1, -0.05) is 43.5 Å². The van der Waals surface area contributed by atoms with Crippen molar-refractivity contribution < 1.29 is 12.6 Å². The summed E-state index contributed by atoms with van der Waals surface area (Å²) in [5, 5.41) is 0. The Balaban J connectivity index is 2.23. The van der Waals surface area contributed by atoms with Gasteiger partial charge in [0.25, 0.3) is 0 Å². The van der Waals surface area contributed by atoms with Crippen molar-refractivity contribution in [3.8, 4) is 5.75 Å². The minimum atomic E-state index is -3.56. The first-order valence-electron chi connectivity index (χ1n) is 6.74. The van der Waals surface area contributed by atoms with Gasteiger partial charge in [0, 0.05) is 0 Å². The molecule has 0 spiro atoms. The molecule has 3 nitrogen and oxygen atoms in total. The minimum Gasteiger partial charge on any atom is -0.382 e. The molecule has 0 aromatic heterocycles. The molecule has 1 aliphatic carbocycles. The standard InChI is InChI=1S/C15H20O3S/c1-2-12-19(16,17)18-15-11-7-6-10-14(15)13-8-4-3-5-9-13/h2,6-7,10-11,13H,1,3-5,8-9,12H2. The van der Waals surface area contributed by atoms with Gasteiger partial charge >= 0.3 is 10.1 Å². The molecule has 1 saturated carbocycles. The first-order valence-corrected chi connectivity index (χ1v) is 8.32. The van der Waals surface area contributed by atoms with E-state index in [1.807, 2.05) is 18.2 Å². The van der Waals surface area contributed by atoms with E-state index in [1.165, 1.54) is 25.3 Å². The maximum absolute atomic E-state index is 11.7. The van der Waals surface area contributed by atoms with Crippen LogP contribution in [0.25, 0.3) is 0 Å². The van der Waals surface area contributed by atoms with Gasteiger partial charge in [-0.25, -0.2) is 0 Å². The van der Waals surface area contributed by atoms with E-state index in [0.717, 1.165) is 18.4 Å². The van der Waals surface area contributed by atoms with Crippen molar-refractivity contribution in [1.82, 2.24) is 0 Å². The smallest absolute Gasteiger partial charge is 0.312 e. The van der Waals surface area contributed by atoms with Crippen molar-refractivity contribution in [2.45, 2.75) is 38.0 Å². The quantitative estimate of drug-likeness (QED) is 0.611. The summed E-state index contributed by atoms with van der Waals surface area (Å²) in [5.74, 6) is 0.742. The molecule has 0 unspecified atom stereocenters. The monoisotopic (exact) mass is 280 g/mol. The number of rotatable bonds is 5. The Bertz CT molecular complexity index is 528. The SMILES string of the molecule is C=CCS(=O)(=O)Oc1ccccc1C1CCCCC1. The molecule has 0 amide bonds. The van der Waals surface area contributed by atoms with Crippen LogP contribution < -0.4 is 4.18 Å². The van der Waals surface area contributed by atoms with Gasteiger partial charge in [0.2, 0.25) is 0 Å². The molecule has 0 saturated heterocycles. The number of para-hydroxylation sites is 1. The van der Waals surface area contributed by atoms with Crippen LogP contribution in [0.4, 0.5) is 0 Å². The lowest BCUT2D eigenvalue weighted by Crippen LogP contribution is -2.14. The predicted octanol–water partition coefficient (Wildman–Crippen LogP) is 3.63. The summed E-state index contributed by atoms with van der Waals surface area (Å²) < 4.78 is 28.7. The van der Waals surface area contributed by atoms with Crippen LogP contribution in [0.1, 0.15) is 43.6 Å². The Morgan fingerprint density at radius 3 is 2.58 bits per heavy atom. The summed E-state index contributed by atoms with van der Waals surface area (Å²) in [4.78, 5) is 0. The van der Waals surface area contributed by atoms with Gasteiger partial charge < -0.3 is 4.18 Å². The molecule has 0 heterocycles. The predicted molar refractivity (Wildman–Crippen MR) is 76.9 cm³/mol. The van der Waals surface area contributed by atoms with E-state index in [-0.39, 0.29) is 5.75 Å². The Labute approximate surface area is 115 Å². The second-order valence-corrected chi connectivity index (χ2v) is 6.58. The molecule has 0 aliphatic heterocycles. The Morgan fingerprint density at radius 2 is 1.89 bits per heavy atom. The highest BCUT2D eigenvalue weighted by atomic mass is 32.2. The van der Waals surface area contributed by atoms with Crippen molar-refractivity contribution in [3.63, 3.8) is 0 Å². The Kier molecular flexibility index (Phi) is 4.64. The first-order chi connectivity index (χ1) is 9.12. The third-order valence-corrected chi connectivity index (χ3v) is 4.58. The summed E-state index contributed by atoms with van der Waals surface area (Å²) in [7, 11) is -3.56. The van der Waals surface area contributed by atoms with E-state index in [2.05, 4.69) is 6.58 Å². The fourth-order valence-electron chi connectivity index (χ4n) is 2.62. The van der Waals surface area contributed by atoms with Crippen molar-refractivity contribution in [2.24, 2.45) is 0 Å². The summed E-state index contributed by atoms with van der Waals surface area (Å²) in [6, 6.07) is 7.47. The number of hydrogen-bond donors (Lipinski definition) is 0. The summed E-state index contributed by atoms with van der Waals surface area (Å²) in [6.07, 6.45) is 7.26. The molecular formula is C15H20O3S. The van der Waals surface area contributed by atoms with Crippen LogP contribution in [-0.4, -0.2) is 14.2 Å². The van der Waals surface area contributed by atoms with Crippen LogP contribution in [0.2, 0.25) is 0 Å². The van der Waals surface area contributed by atoms with Crippen LogP contribution in [0, 0.1) is 0 Å². The maximum Gasteiger partial charge on any atom is 0.312 e. The third kappa shape index (κ3) is 3.83. The summed E-state index contributed by atoms with van der Waals surface area (Å²) in [5.41, 5.74) is 1.02. The molecule has 0 radical (unpaired) electrons. The molecular weight excluding hydrogens is 260 g/mol. The molecule has 1 aliphatic rings. The zero-order valence-electron chi connectivity index (χ0n) is 11.0. The van der Waals surface area contributed by atoms with Gasteiger partial charge in [-0.15, -0.1) is 6.58 Å². The lowest BCUT2D eigenvalue weighted by molar-refractivity contribution is 0.429. The third-order valence-electron chi connectivity index (χ3n) is 3.50. The molecule has 1 aromatic carbocycles.